The van der Waals surface area contributed by atoms with Crippen molar-refractivity contribution in [1.29, 1.82) is 0 Å². The normalized spacial score (nSPS) is 10.8. The molecular weight excluding hydrogens is 330 g/mol. The van der Waals surface area contributed by atoms with Crippen LogP contribution < -0.4 is 5.73 Å². The minimum atomic E-state index is -0.776. The zero-order valence-corrected chi connectivity index (χ0v) is 15.5. The van der Waals surface area contributed by atoms with Gasteiger partial charge in [0.1, 0.15) is 11.3 Å². The Balaban J connectivity index is 2.28. The number of aromatic hydroxyl groups is 1. The van der Waals surface area contributed by atoms with Crippen molar-refractivity contribution in [2.24, 2.45) is 5.73 Å². The predicted molar refractivity (Wildman–Crippen MR) is 103 cm³/mol. The number of carbonyl (C=O) groups excluding carboxylic acids is 2. The van der Waals surface area contributed by atoms with E-state index < -0.39 is 17.6 Å². The van der Waals surface area contributed by atoms with Crippen LogP contribution in [0.5, 0.6) is 5.75 Å². The first kappa shape index (κ1) is 19.8. The lowest BCUT2D eigenvalue weighted by Crippen LogP contribution is -2.14. The molecule has 0 bridgehead atoms. The fourth-order valence-corrected chi connectivity index (χ4v) is 3.23. The zero-order valence-electron chi connectivity index (χ0n) is 15.5. The molecule has 0 aliphatic rings. The highest BCUT2D eigenvalue weighted by atomic mass is 16.5. The third-order valence-electron chi connectivity index (χ3n) is 4.65. The summed E-state index contributed by atoms with van der Waals surface area (Å²) in [5.41, 5.74) is 6.45. The highest BCUT2D eigenvalue weighted by Crippen LogP contribution is 2.32. The molecule has 5 nitrogen and oxygen atoms in total. The van der Waals surface area contributed by atoms with Crippen LogP contribution in [0.1, 0.15) is 71.7 Å². The second-order valence-electron chi connectivity index (χ2n) is 6.58. The number of aryl methyl sites for hydroxylation is 1. The Kier molecular flexibility index (Phi) is 7.01. The molecule has 0 heterocycles. The van der Waals surface area contributed by atoms with E-state index in [0.29, 0.717) is 10.8 Å². The number of rotatable bonds is 9. The summed E-state index contributed by atoms with van der Waals surface area (Å²) in [4.78, 5) is 23.7. The molecule has 0 atom stereocenters. The minimum Gasteiger partial charge on any atom is -0.506 e. The third-order valence-corrected chi connectivity index (χ3v) is 4.65. The van der Waals surface area contributed by atoms with Crippen molar-refractivity contribution < 1.29 is 19.4 Å². The second-order valence-corrected chi connectivity index (χ2v) is 6.58. The van der Waals surface area contributed by atoms with E-state index in [2.05, 4.69) is 6.92 Å². The van der Waals surface area contributed by atoms with E-state index in [-0.39, 0.29) is 11.1 Å². The number of fused-ring (bicyclic) bond motifs is 1. The van der Waals surface area contributed by atoms with Crippen LogP contribution in [0.4, 0.5) is 0 Å². The number of carbonyl (C=O) groups is 2. The maximum atomic E-state index is 11.9. The van der Waals surface area contributed by atoms with Gasteiger partial charge in [-0.2, -0.15) is 0 Å². The Labute approximate surface area is 154 Å². The number of ether oxygens (including phenoxy) is 1. The van der Waals surface area contributed by atoms with Gasteiger partial charge in [-0.3, -0.25) is 4.79 Å². The lowest BCUT2D eigenvalue weighted by Gasteiger charge is -2.12. The Hall–Kier alpha value is -2.56. The number of hydrogen-bond acceptors (Lipinski definition) is 4. The molecule has 0 aromatic heterocycles. The van der Waals surface area contributed by atoms with E-state index >= 15 is 0 Å². The van der Waals surface area contributed by atoms with Gasteiger partial charge >= 0.3 is 5.97 Å². The first-order valence-electron chi connectivity index (χ1n) is 9.16. The number of methoxy groups -OCH3 is 1. The largest absolute Gasteiger partial charge is 0.506 e. The molecule has 0 fully saturated rings. The molecular formula is C21H27NO4. The van der Waals surface area contributed by atoms with Gasteiger partial charge in [0.25, 0.3) is 5.91 Å². The standard InChI is InChI=1S/C21H27NO4/c1-3-4-5-6-7-8-9-14-10-11-16-15(12-14)13-17(21(25)26-2)19(23)18(16)20(22)24/h10-13,23H,3-9H2,1-2H3,(H2,22,24). The van der Waals surface area contributed by atoms with Gasteiger partial charge in [-0.25, -0.2) is 4.79 Å². The highest BCUT2D eigenvalue weighted by Gasteiger charge is 2.21. The average molecular weight is 357 g/mol. The molecule has 2 rings (SSSR count). The van der Waals surface area contributed by atoms with E-state index in [4.69, 9.17) is 10.5 Å². The van der Waals surface area contributed by atoms with Gasteiger partial charge in [0.05, 0.1) is 12.7 Å². The predicted octanol–water partition coefficient (Wildman–Crippen LogP) is 4.33. The van der Waals surface area contributed by atoms with Crippen LogP contribution in [0, 0.1) is 0 Å². The molecule has 1 amide bonds. The molecule has 0 aliphatic heterocycles. The smallest absolute Gasteiger partial charge is 0.341 e. The van der Waals surface area contributed by atoms with Crippen molar-refractivity contribution in [1.82, 2.24) is 0 Å². The molecule has 3 N–H and O–H groups in total. The molecule has 0 radical (unpaired) electrons. The number of hydrogen-bond donors (Lipinski definition) is 2. The van der Waals surface area contributed by atoms with Crippen LogP contribution >= 0.6 is 0 Å². The third kappa shape index (κ3) is 4.54. The Morgan fingerprint density at radius 1 is 1.08 bits per heavy atom. The van der Waals surface area contributed by atoms with Crippen LogP contribution in [0.15, 0.2) is 24.3 Å². The molecule has 26 heavy (non-hydrogen) atoms. The number of unbranched alkanes of at least 4 members (excludes halogenated alkanes) is 5. The fourth-order valence-electron chi connectivity index (χ4n) is 3.23. The summed E-state index contributed by atoms with van der Waals surface area (Å²) in [5.74, 6) is -1.91. The summed E-state index contributed by atoms with van der Waals surface area (Å²) in [7, 11) is 1.23. The van der Waals surface area contributed by atoms with Gasteiger partial charge in [-0.15, -0.1) is 0 Å². The van der Waals surface area contributed by atoms with Crippen LogP contribution in [0.3, 0.4) is 0 Å². The van der Waals surface area contributed by atoms with Gasteiger partial charge in [-0.05, 0) is 35.2 Å². The van der Waals surface area contributed by atoms with Crippen LogP contribution in [-0.2, 0) is 11.2 Å². The lowest BCUT2D eigenvalue weighted by molar-refractivity contribution is 0.0597. The second kappa shape index (κ2) is 9.22. The fraction of sp³-hybridized carbons (Fsp3) is 0.429. The topological polar surface area (TPSA) is 89.6 Å². The maximum absolute atomic E-state index is 11.9. The molecule has 2 aromatic carbocycles. The summed E-state index contributed by atoms with van der Waals surface area (Å²) >= 11 is 0. The van der Waals surface area contributed by atoms with E-state index in [1.54, 1.807) is 12.1 Å². The summed E-state index contributed by atoms with van der Waals surface area (Å²) in [5, 5.41) is 11.5. The number of phenols is 1. The maximum Gasteiger partial charge on any atom is 0.341 e. The monoisotopic (exact) mass is 357 g/mol. The Bertz CT molecular complexity index is 798. The molecule has 0 spiro atoms. The number of primary amides is 1. The molecule has 140 valence electrons. The molecule has 0 unspecified atom stereocenters. The van der Waals surface area contributed by atoms with Gasteiger partial charge in [0, 0.05) is 0 Å². The molecule has 0 aliphatic carbocycles. The lowest BCUT2D eigenvalue weighted by atomic mass is 9.95. The van der Waals surface area contributed by atoms with Crippen molar-refractivity contribution in [2.75, 3.05) is 7.11 Å². The number of amides is 1. The molecule has 0 saturated heterocycles. The summed E-state index contributed by atoms with van der Waals surface area (Å²) < 4.78 is 4.69. The Morgan fingerprint density at radius 3 is 2.42 bits per heavy atom. The van der Waals surface area contributed by atoms with Gasteiger partial charge in [0.15, 0.2) is 0 Å². The van der Waals surface area contributed by atoms with E-state index in [0.717, 1.165) is 18.4 Å². The quantitative estimate of drug-likeness (QED) is 0.516. The Morgan fingerprint density at radius 2 is 1.77 bits per heavy atom. The zero-order chi connectivity index (χ0) is 19.1. The highest BCUT2D eigenvalue weighted by molar-refractivity contribution is 6.12. The van der Waals surface area contributed by atoms with Gasteiger partial charge in [0.2, 0.25) is 0 Å². The van der Waals surface area contributed by atoms with Crippen LogP contribution in [0.25, 0.3) is 10.8 Å². The summed E-state index contributed by atoms with van der Waals surface area (Å²) in [6.07, 6.45) is 8.26. The minimum absolute atomic E-state index is 0.0472. The van der Waals surface area contributed by atoms with Crippen molar-refractivity contribution in [2.45, 2.75) is 51.9 Å². The van der Waals surface area contributed by atoms with E-state index in [1.165, 1.54) is 39.2 Å². The number of benzene rings is 2. The van der Waals surface area contributed by atoms with Crippen molar-refractivity contribution in [3.8, 4) is 5.75 Å². The summed E-state index contributed by atoms with van der Waals surface area (Å²) in [6, 6.07) is 7.22. The van der Waals surface area contributed by atoms with Crippen LogP contribution in [-0.4, -0.2) is 24.1 Å². The SMILES string of the molecule is CCCCCCCCc1ccc2c(C(N)=O)c(O)c(C(=O)OC)cc2c1. The van der Waals surface area contributed by atoms with Crippen molar-refractivity contribution >= 4 is 22.6 Å². The number of esters is 1. The molecule has 5 heteroatoms. The van der Waals surface area contributed by atoms with E-state index in [9.17, 15) is 14.7 Å². The van der Waals surface area contributed by atoms with Gasteiger partial charge in [-0.1, -0.05) is 57.2 Å². The first-order chi connectivity index (χ1) is 12.5. The number of nitrogens with two attached hydrogens (primary N) is 1. The average Bonchev–Trinajstić information content (AvgIpc) is 2.63. The van der Waals surface area contributed by atoms with Gasteiger partial charge < -0.3 is 15.6 Å². The van der Waals surface area contributed by atoms with Crippen molar-refractivity contribution in [3.63, 3.8) is 0 Å². The molecule has 2 aromatic rings. The summed E-state index contributed by atoms with van der Waals surface area (Å²) in [6.45, 7) is 2.20. The van der Waals surface area contributed by atoms with E-state index in [1.807, 2.05) is 12.1 Å². The first-order valence-corrected chi connectivity index (χ1v) is 9.16. The van der Waals surface area contributed by atoms with Crippen molar-refractivity contribution in [3.05, 3.63) is 41.0 Å². The molecule has 0 saturated carbocycles. The van der Waals surface area contributed by atoms with Crippen LogP contribution in [0.2, 0.25) is 0 Å².